The molecule has 104 valence electrons. The maximum atomic E-state index is 12.3. The van der Waals surface area contributed by atoms with Crippen LogP contribution in [0, 0.1) is 0 Å². The van der Waals surface area contributed by atoms with Crippen LogP contribution in [0.1, 0.15) is 13.8 Å². The van der Waals surface area contributed by atoms with Crippen LogP contribution >= 0.6 is 0 Å². The molecule has 1 aromatic rings. The van der Waals surface area contributed by atoms with Gasteiger partial charge in [-0.05, 0) is 26.0 Å². The molecule has 1 rings (SSSR count). The van der Waals surface area contributed by atoms with Gasteiger partial charge in [-0.2, -0.15) is 8.78 Å². The summed E-state index contributed by atoms with van der Waals surface area (Å²) >= 11 is 0. The molecular weight excluding hydrogens is 256 g/mol. The fraction of sp³-hybridized carbons (Fsp3) is 0.308. The average Bonchev–Trinajstić information content (AvgIpc) is 2.29. The van der Waals surface area contributed by atoms with Crippen LogP contribution in [0.15, 0.2) is 29.8 Å². The predicted molar refractivity (Wildman–Crippen MR) is 67.7 cm³/mol. The SMILES string of the molecule is COc1ccc(OC(F)F)c(NC(=O)C=C(C)C)c1. The Bertz CT molecular complexity index is 483. The Labute approximate surface area is 110 Å². The van der Waals surface area contributed by atoms with E-state index in [-0.39, 0.29) is 11.4 Å². The number of carbonyl (C=O) groups excluding carboxylic acids is 1. The van der Waals surface area contributed by atoms with Crippen LogP contribution in [0.5, 0.6) is 11.5 Å². The standard InChI is InChI=1S/C13H15F2NO3/c1-8(2)6-12(17)16-10-7-9(18-3)4-5-11(10)19-13(14)15/h4-7,13H,1-3H3,(H,16,17). The fourth-order valence-electron chi connectivity index (χ4n) is 1.36. The summed E-state index contributed by atoms with van der Waals surface area (Å²) in [6, 6.07) is 4.19. The number of methoxy groups -OCH3 is 1. The van der Waals surface area contributed by atoms with Gasteiger partial charge in [0.2, 0.25) is 5.91 Å². The third-order valence-corrected chi connectivity index (χ3v) is 2.08. The lowest BCUT2D eigenvalue weighted by Crippen LogP contribution is -2.11. The highest BCUT2D eigenvalue weighted by Gasteiger charge is 2.12. The van der Waals surface area contributed by atoms with Gasteiger partial charge in [0.15, 0.2) is 0 Å². The van der Waals surface area contributed by atoms with Crippen molar-refractivity contribution in [3.05, 3.63) is 29.8 Å². The first kappa shape index (κ1) is 14.9. The van der Waals surface area contributed by atoms with Gasteiger partial charge in [-0.25, -0.2) is 0 Å². The molecule has 1 aromatic carbocycles. The zero-order chi connectivity index (χ0) is 14.4. The van der Waals surface area contributed by atoms with E-state index in [9.17, 15) is 13.6 Å². The first-order chi connectivity index (χ1) is 8.92. The van der Waals surface area contributed by atoms with Crippen molar-refractivity contribution in [2.75, 3.05) is 12.4 Å². The number of allylic oxidation sites excluding steroid dienone is 1. The van der Waals surface area contributed by atoms with Crippen molar-refractivity contribution in [3.63, 3.8) is 0 Å². The number of benzene rings is 1. The Morgan fingerprint density at radius 1 is 1.37 bits per heavy atom. The number of rotatable bonds is 5. The minimum Gasteiger partial charge on any atom is -0.497 e. The summed E-state index contributed by atoms with van der Waals surface area (Å²) in [7, 11) is 1.44. The molecule has 0 aliphatic carbocycles. The Kier molecular flexibility index (Phi) is 5.29. The van der Waals surface area contributed by atoms with Gasteiger partial charge < -0.3 is 14.8 Å². The molecule has 0 unspecified atom stereocenters. The number of alkyl halides is 2. The molecule has 0 bridgehead atoms. The molecule has 0 aromatic heterocycles. The molecule has 0 saturated heterocycles. The van der Waals surface area contributed by atoms with Crippen molar-refractivity contribution in [3.8, 4) is 11.5 Å². The highest BCUT2D eigenvalue weighted by molar-refractivity contribution is 6.00. The number of halogens is 2. The van der Waals surface area contributed by atoms with Crippen LogP contribution in [0.2, 0.25) is 0 Å². The number of hydrogen-bond acceptors (Lipinski definition) is 3. The van der Waals surface area contributed by atoms with Crippen molar-refractivity contribution in [1.82, 2.24) is 0 Å². The van der Waals surface area contributed by atoms with Crippen molar-refractivity contribution in [2.45, 2.75) is 20.5 Å². The number of hydrogen-bond donors (Lipinski definition) is 1. The lowest BCUT2D eigenvalue weighted by molar-refractivity contribution is -0.112. The van der Waals surface area contributed by atoms with Gasteiger partial charge in [0.25, 0.3) is 0 Å². The zero-order valence-electron chi connectivity index (χ0n) is 10.9. The Hall–Kier alpha value is -2.11. The highest BCUT2D eigenvalue weighted by Crippen LogP contribution is 2.30. The van der Waals surface area contributed by atoms with Crippen LogP contribution in [0.4, 0.5) is 14.5 Å². The van der Waals surface area contributed by atoms with E-state index < -0.39 is 12.5 Å². The third kappa shape index (κ3) is 4.95. The van der Waals surface area contributed by atoms with E-state index in [0.717, 1.165) is 5.57 Å². The van der Waals surface area contributed by atoms with E-state index in [2.05, 4.69) is 10.1 Å². The maximum Gasteiger partial charge on any atom is 0.387 e. The predicted octanol–water partition coefficient (Wildman–Crippen LogP) is 3.20. The van der Waals surface area contributed by atoms with Gasteiger partial charge in [0.05, 0.1) is 12.8 Å². The van der Waals surface area contributed by atoms with Crippen molar-refractivity contribution < 1.29 is 23.0 Å². The largest absolute Gasteiger partial charge is 0.497 e. The second kappa shape index (κ2) is 6.72. The summed E-state index contributed by atoms with van der Waals surface area (Å²) < 4.78 is 33.8. The molecule has 0 aliphatic heterocycles. The lowest BCUT2D eigenvalue weighted by atomic mass is 10.2. The second-order valence-corrected chi connectivity index (χ2v) is 3.95. The summed E-state index contributed by atoms with van der Waals surface area (Å²) in [4.78, 5) is 11.6. The molecule has 4 nitrogen and oxygen atoms in total. The number of anilines is 1. The first-order valence-electron chi connectivity index (χ1n) is 5.51. The topological polar surface area (TPSA) is 47.6 Å². The van der Waals surface area contributed by atoms with E-state index in [1.54, 1.807) is 13.8 Å². The molecule has 0 saturated carbocycles. The van der Waals surface area contributed by atoms with Gasteiger partial charge >= 0.3 is 6.61 Å². The highest BCUT2D eigenvalue weighted by atomic mass is 19.3. The molecule has 0 radical (unpaired) electrons. The van der Waals surface area contributed by atoms with E-state index in [0.29, 0.717) is 5.75 Å². The van der Waals surface area contributed by atoms with Crippen molar-refractivity contribution >= 4 is 11.6 Å². The van der Waals surface area contributed by atoms with Gasteiger partial charge in [-0.1, -0.05) is 5.57 Å². The molecule has 1 amide bonds. The second-order valence-electron chi connectivity index (χ2n) is 3.95. The number of amides is 1. The number of carbonyl (C=O) groups is 1. The molecule has 0 heterocycles. The smallest absolute Gasteiger partial charge is 0.387 e. The van der Waals surface area contributed by atoms with Gasteiger partial charge in [-0.3, -0.25) is 4.79 Å². The fourth-order valence-corrected chi connectivity index (χ4v) is 1.36. The van der Waals surface area contributed by atoms with E-state index in [1.165, 1.54) is 31.4 Å². The van der Waals surface area contributed by atoms with Gasteiger partial charge in [0, 0.05) is 12.1 Å². The number of nitrogens with one attached hydrogen (secondary N) is 1. The minimum atomic E-state index is -2.97. The van der Waals surface area contributed by atoms with E-state index in [4.69, 9.17) is 4.74 Å². The van der Waals surface area contributed by atoms with Crippen LogP contribution in [-0.4, -0.2) is 19.6 Å². The monoisotopic (exact) mass is 271 g/mol. The molecule has 0 atom stereocenters. The van der Waals surface area contributed by atoms with Gasteiger partial charge in [0.1, 0.15) is 11.5 Å². The van der Waals surface area contributed by atoms with E-state index in [1.807, 2.05) is 0 Å². The summed E-state index contributed by atoms with van der Waals surface area (Å²) in [5.74, 6) is -0.118. The van der Waals surface area contributed by atoms with Gasteiger partial charge in [-0.15, -0.1) is 0 Å². The normalized spacial score (nSPS) is 10.0. The van der Waals surface area contributed by atoms with Crippen LogP contribution in [0.3, 0.4) is 0 Å². The molecule has 0 fully saturated rings. The Morgan fingerprint density at radius 3 is 2.58 bits per heavy atom. The summed E-state index contributed by atoms with van der Waals surface area (Å²) in [5, 5.41) is 2.47. The molecule has 1 N–H and O–H groups in total. The first-order valence-corrected chi connectivity index (χ1v) is 5.51. The quantitative estimate of drug-likeness (QED) is 0.836. The Morgan fingerprint density at radius 2 is 2.05 bits per heavy atom. The van der Waals surface area contributed by atoms with Crippen LogP contribution in [0.25, 0.3) is 0 Å². The number of ether oxygens (including phenoxy) is 2. The molecule has 0 spiro atoms. The van der Waals surface area contributed by atoms with Crippen LogP contribution < -0.4 is 14.8 Å². The minimum absolute atomic E-state index is 0.119. The van der Waals surface area contributed by atoms with Crippen molar-refractivity contribution in [2.24, 2.45) is 0 Å². The lowest BCUT2D eigenvalue weighted by Gasteiger charge is -2.12. The van der Waals surface area contributed by atoms with E-state index >= 15 is 0 Å². The summed E-state index contributed by atoms with van der Waals surface area (Å²) in [5.41, 5.74) is 0.916. The zero-order valence-corrected chi connectivity index (χ0v) is 10.9. The maximum absolute atomic E-state index is 12.3. The third-order valence-electron chi connectivity index (χ3n) is 2.08. The van der Waals surface area contributed by atoms with Crippen LogP contribution in [-0.2, 0) is 4.79 Å². The molecule has 19 heavy (non-hydrogen) atoms. The molecule has 6 heteroatoms. The molecular formula is C13H15F2NO3. The summed E-state index contributed by atoms with van der Waals surface area (Å²) in [6.07, 6.45) is 1.35. The average molecular weight is 271 g/mol. The Balaban J connectivity index is 3.00. The molecule has 0 aliphatic rings. The summed E-state index contributed by atoms with van der Waals surface area (Å²) in [6.45, 7) is 0.538. The van der Waals surface area contributed by atoms with Crippen molar-refractivity contribution in [1.29, 1.82) is 0 Å².